The summed E-state index contributed by atoms with van der Waals surface area (Å²) in [5.74, 6) is -0.234. The van der Waals surface area contributed by atoms with Gasteiger partial charge in [-0.1, -0.05) is 6.92 Å². The van der Waals surface area contributed by atoms with Crippen LogP contribution in [0.5, 0.6) is 0 Å². The molecule has 0 aliphatic rings. The molecule has 2 aromatic heterocycles. The first-order valence-corrected chi connectivity index (χ1v) is 7.00. The smallest absolute Gasteiger partial charge is 0.354 e. The predicted octanol–water partition coefficient (Wildman–Crippen LogP) is 2.68. The number of carbonyl (C=O) groups is 1. The lowest BCUT2D eigenvalue weighted by molar-refractivity contribution is 0.0690. The Morgan fingerprint density at radius 3 is 3.11 bits per heavy atom. The van der Waals surface area contributed by atoms with E-state index in [2.05, 4.69) is 21.5 Å². The van der Waals surface area contributed by atoms with Crippen molar-refractivity contribution in [3.05, 3.63) is 42.2 Å². The highest BCUT2D eigenvalue weighted by atomic mass is 32.2. The van der Waals surface area contributed by atoms with E-state index in [9.17, 15) is 4.79 Å². The van der Waals surface area contributed by atoms with Gasteiger partial charge in [-0.15, -0.1) is 11.8 Å². The van der Waals surface area contributed by atoms with E-state index in [1.807, 2.05) is 18.6 Å². The molecule has 0 saturated heterocycles. The van der Waals surface area contributed by atoms with Crippen LogP contribution in [0.1, 0.15) is 29.5 Å². The highest BCUT2D eigenvalue weighted by molar-refractivity contribution is 7.98. The molecule has 0 aromatic carbocycles. The third-order valence-electron chi connectivity index (χ3n) is 2.60. The zero-order chi connectivity index (χ0) is 13.7. The summed E-state index contributed by atoms with van der Waals surface area (Å²) in [6.07, 6.45) is 6.26. The fourth-order valence-corrected chi connectivity index (χ4v) is 2.59. The van der Waals surface area contributed by atoms with Crippen LogP contribution in [0.25, 0.3) is 0 Å². The van der Waals surface area contributed by atoms with Gasteiger partial charge < -0.3 is 9.67 Å². The Bertz CT molecular complexity index is 569. The zero-order valence-electron chi connectivity index (χ0n) is 10.6. The van der Waals surface area contributed by atoms with E-state index < -0.39 is 5.97 Å². The van der Waals surface area contributed by atoms with Gasteiger partial charge in [0.05, 0.1) is 6.33 Å². The maximum Gasteiger partial charge on any atom is 0.354 e. The summed E-state index contributed by atoms with van der Waals surface area (Å²) in [4.78, 5) is 19.7. The Kier molecular flexibility index (Phi) is 4.57. The van der Waals surface area contributed by atoms with E-state index in [1.54, 1.807) is 17.8 Å². The van der Waals surface area contributed by atoms with E-state index in [0.717, 1.165) is 29.3 Å². The number of carboxylic acid groups (broad SMARTS) is 1. The number of nitrogens with zero attached hydrogens (tertiary/aromatic N) is 3. The minimum atomic E-state index is -1.00. The van der Waals surface area contributed by atoms with Crippen molar-refractivity contribution >= 4 is 17.7 Å². The van der Waals surface area contributed by atoms with Crippen molar-refractivity contribution in [2.24, 2.45) is 0 Å². The molecule has 100 valence electrons. The molecule has 0 aliphatic heterocycles. The largest absolute Gasteiger partial charge is 0.477 e. The van der Waals surface area contributed by atoms with Crippen LogP contribution in [-0.2, 0) is 12.3 Å². The summed E-state index contributed by atoms with van der Waals surface area (Å²) in [7, 11) is 0. The Morgan fingerprint density at radius 2 is 2.37 bits per heavy atom. The quantitative estimate of drug-likeness (QED) is 0.822. The van der Waals surface area contributed by atoms with Crippen molar-refractivity contribution in [1.29, 1.82) is 0 Å². The van der Waals surface area contributed by atoms with Crippen LogP contribution in [0, 0.1) is 0 Å². The molecule has 0 spiro atoms. The molecule has 2 heterocycles. The molecule has 19 heavy (non-hydrogen) atoms. The average Bonchev–Trinajstić information content (AvgIpc) is 2.85. The molecule has 2 rings (SSSR count). The fraction of sp³-hybridized carbons (Fsp3) is 0.308. The standard InChI is InChI=1S/C13H15N3O2S/c1-2-5-16-9-14-7-10(16)8-19-11-3-4-15-12(6-11)13(17)18/h3-4,6-7,9H,2,5,8H2,1H3,(H,17,18). The maximum atomic E-state index is 10.8. The van der Waals surface area contributed by atoms with Gasteiger partial charge in [-0.3, -0.25) is 0 Å². The highest BCUT2D eigenvalue weighted by Gasteiger charge is 2.07. The SMILES string of the molecule is CCCn1cncc1CSc1ccnc(C(=O)O)c1. The summed E-state index contributed by atoms with van der Waals surface area (Å²) in [6, 6.07) is 3.41. The van der Waals surface area contributed by atoms with Crippen LogP contribution < -0.4 is 0 Å². The second kappa shape index (κ2) is 6.38. The van der Waals surface area contributed by atoms with E-state index in [-0.39, 0.29) is 5.69 Å². The molecule has 0 fully saturated rings. The second-order valence-corrected chi connectivity index (χ2v) is 5.10. The monoisotopic (exact) mass is 277 g/mol. The Labute approximate surface area is 115 Å². The van der Waals surface area contributed by atoms with E-state index in [1.165, 1.54) is 6.20 Å². The first kappa shape index (κ1) is 13.6. The number of carboxylic acids is 1. The molecular weight excluding hydrogens is 262 g/mol. The summed E-state index contributed by atoms with van der Waals surface area (Å²) in [5.41, 5.74) is 1.22. The van der Waals surface area contributed by atoms with Crippen LogP contribution in [0.15, 0.2) is 35.7 Å². The predicted molar refractivity (Wildman–Crippen MR) is 73.3 cm³/mol. The number of imidazole rings is 1. The number of thioether (sulfide) groups is 1. The third-order valence-corrected chi connectivity index (χ3v) is 3.63. The van der Waals surface area contributed by atoms with E-state index >= 15 is 0 Å². The summed E-state index contributed by atoms with van der Waals surface area (Å²) < 4.78 is 2.12. The van der Waals surface area contributed by atoms with Crippen molar-refractivity contribution < 1.29 is 9.90 Å². The lowest BCUT2D eigenvalue weighted by Crippen LogP contribution is -2.00. The van der Waals surface area contributed by atoms with Gasteiger partial charge in [-0.2, -0.15) is 0 Å². The lowest BCUT2D eigenvalue weighted by Gasteiger charge is -2.06. The summed E-state index contributed by atoms with van der Waals surface area (Å²) in [5, 5.41) is 8.89. The average molecular weight is 277 g/mol. The second-order valence-electron chi connectivity index (χ2n) is 4.05. The Hall–Kier alpha value is -1.82. The van der Waals surface area contributed by atoms with Crippen LogP contribution in [-0.4, -0.2) is 25.6 Å². The first-order valence-electron chi connectivity index (χ1n) is 6.02. The Morgan fingerprint density at radius 1 is 1.53 bits per heavy atom. The number of aromatic carboxylic acids is 1. The van der Waals surface area contributed by atoms with Gasteiger partial charge in [0.15, 0.2) is 0 Å². The van der Waals surface area contributed by atoms with Crippen LogP contribution in [0.3, 0.4) is 0 Å². The van der Waals surface area contributed by atoms with Gasteiger partial charge in [0, 0.05) is 35.3 Å². The van der Waals surface area contributed by atoms with Crippen LogP contribution in [0.4, 0.5) is 0 Å². The van der Waals surface area contributed by atoms with Crippen LogP contribution >= 0.6 is 11.8 Å². The molecular formula is C13H15N3O2S. The minimum Gasteiger partial charge on any atom is -0.477 e. The maximum absolute atomic E-state index is 10.8. The van der Waals surface area contributed by atoms with E-state index in [4.69, 9.17) is 5.11 Å². The molecule has 0 aliphatic carbocycles. The van der Waals surface area contributed by atoms with Gasteiger partial charge in [0.1, 0.15) is 5.69 Å². The van der Waals surface area contributed by atoms with Gasteiger partial charge >= 0.3 is 5.97 Å². The molecule has 0 bridgehead atoms. The zero-order valence-corrected chi connectivity index (χ0v) is 11.4. The number of pyridine rings is 1. The van der Waals surface area contributed by atoms with Gasteiger partial charge in [0.25, 0.3) is 0 Å². The molecule has 0 saturated carbocycles. The van der Waals surface area contributed by atoms with Crippen molar-refractivity contribution in [3.63, 3.8) is 0 Å². The van der Waals surface area contributed by atoms with Gasteiger partial charge in [-0.25, -0.2) is 14.8 Å². The number of aryl methyl sites for hydroxylation is 1. The molecule has 2 aromatic rings. The summed E-state index contributed by atoms with van der Waals surface area (Å²) >= 11 is 1.59. The number of hydrogen-bond acceptors (Lipinski definition) is 4. The van der Waals surface area contributed by atoms with Crippen LogP contribution in [0.2, 0.25) is 0 Å². The topological polar surface area (TPSA) is 68.0 Å². The van der Waals surface area contributed by atoms with Crippen molar-refractivity contribution in [1.82, 2.24) is 14.5 Å². The molecule has 5 nitrogen and oxygen atoms in total. The third kappa shape index (κ3) is 3.57. The van der Waals surface area contributed by atoms with Crippen molar-refractivity contribution in [2.45, 2.75) is 30.5 Å². The normalized spacial score (nSPS) is 10.6. The highest BCUT2D eigenvalue weighted by Crippen LogP contribution is 2.22. The lowest BCUT2D eigenvalue weighted by atomic mass is 10.3. The van der Waals surface area contributed by atoms with E-state index in [0.29, 0.717) is 0 Å². The number of rotatable bonds is 6. The number of aromatic nitrogens is 3. The molecule has 0 unspecified atom stereocenters. The fourth-order valence-electron chi connectivity index (χ4n) is 1.69. The minimum absolute atomic E-state index is 0.0760. The molecule has 1 N–H and O–H groups in total. The van der Waals surface area contributed by atoms with Crippen molar-refractivity contribution in [2.75, 3.05) is 0 Å². The molecule has 0 amide bonds. The number of hydrogen-bond donors (Lipinski definition) is 1. The molecule has 0 radical (unpaired) electrons. The Balaban J connectivity index is 2.04. The van der Waals surface area contributed by atoms with Gasteiger partial charge in [-0.05, 0) is 18.6 Å². The molecule has 0 atom stereocenters. The first-order chi connectivity index (χ1) is 9.20. The molecule has 6 heteroatoms. The van der Waals surface area contributed by atoms with Gasteiger partial charge in [0.2, 0.25) is 0 Å². The summed E-state index contributed by atoms with van der Waals surface area (Å²) in [6.45, 7) is 3.07. The van der Waals surface area contributed by atoms with Crippen molar-refractivity contribution in [3.8, 4) is 0 Å².